The monoisotopic (exact) mass is 463 g/mol. The zero-order chi connectivity index (χ0) is 24.4. The minimum absolute atomic E-state index is 0.715. The SMILES string of the molecule is CC(C)CCCCCCC1CCCCC1(CCCCCCC(C)C)CCCCCCC(C)C. The van der Waals surface area contributed by atoms with E-state index in [-0.39, 0.29) is 0 Å². The molecule has 0 radical (unpaired) electrons. The summed E-state index contributed by atoms with van der Waals surface area (Å²) in [4.78, 5) is 0. The molecule has 0 aliphatic heterocycles. The lowest BCUT2D eigenvalue weighted by atomic mass is 9.60. The first-order valence-corrected chi connectivity index (χ1v) is 15.9. The van der Waals surface area contributed by atoms with E-state index in [1.54, 1.807) is 32.1 Å². The first-order chi connectivity index (χ1) is 15.9. The largest absolute Gasteiger partial charge is 0.0628 e. The Morgan fingerprint density at radius 2 is 0.939 bits per heavy atom. The average molecular weight is 463 g/mol. The third-order valence-corrected chi connectivity index (χ3v) is 8.84. The molecule has 0 heterocycles. The van der Waals surface area contributed by atoms with Crippen molar-refractivity contribution in [2.24, 2.45) is 29.1 Å². The van der Waals surface area contributed by atoms with E-state index in [0.29, 0.717) is 5.41 Å². The van der Waals surface area contributed by atoms with Crippen LogP contribution < -0.4 is 0 Å². The molecule has 0 saturated heterocycles. The Kier molecular flexibility index (Phi) is 18.1. The van der Waals surface area contributed by atoms with Gasteiger partial charge in [-0.3, -0.25) is 0 Å². The van der Waals surface area contributed by atoms with Gasteiger partial charge < -0.3 is 0 Å². The van der Waals surface area contributed by atoms with Crippen LogP contribution in [0.25, 0.3) is 0 Å². The van der Waals surface area contributed by atoms with Crippen LogP contribution in [0.5, 0.6) is 0 Å². The molecular weight excluding hydrogens is 396 g/mol. The Morgan fingerprint density at radius 3 is 1.39 bits per heavy atom. The maximum atomic E-state index is 2.38. The van der Waals surface area contributed by atoms with Crippen LogP contribution in [0.4, 0.5) is 0 Å². The second-order valence-corrected chi connectivity index (χ2v) is 13.4. The third-order valence-electron chi connectivity index (χ3n) is 8.84. The van der Waals surface area contributed by atoms with Gasteiger partial charge in [0.2, 0.25) is 0 Å². The zero-order valence-electron chi connectivity index (χ0n) is 24.4. The highest BCUT2D eigenvalue weighted by Crippen LogP contribution is 2.51. The van der Waals surface area contributed by atoms with Crippen LogP contribution in [-0.2, 0) is 0 Å². The van der Waals surface area contributed by atoms with Crippen molar-refractivity contribution in [1.82, 2.24) is 0 Å². The number of hydrogen-bond donors (Lipinski definition) is 0. The second kappa shape index (κ2) is 19.2. The lowest BCUT2D eigenvalue weighted by Crippen LogP contribution is -2.34. The normalized spacial score (nSPS) is 18.6. The van der Waals surface area contributed by atoms with Crippen molar-refractivity contribution in [2.45, 2.75) is 183 Å². The first-order valence-electron chi connectivity index (χ1n) is 15.9. The van der Waals surface area contributed by atoms with E-state index in [9.17, 15) is 0 Å². The van der Waals surface area contributed by atoms with Crippen LogP contribution in [0.15, 0.2) is 0 Å². The molecule has 0 amide bonds. The summed E-state index contributed by atoms with van der Waals surface area (Å²) >= 11 is 0. The van der Waals surface area contributed by atoms with E-state index < -0.39 is 0 Å². The lowest BCUT2D eigenvalue weighted by molar-refractivity contribution is 0.0565. The smallest absolute Gasteiger partial charge is 0.0269 e. The molecule has 1 aliphatic carbocycles. The van der Waals surface area contributed by atoms with Gasteiger partial charge in [-0.1, -0.05) is 151 Å². The maximum absolute atomic E-state index is 2.38. The van der Waals surface area contributed by atoms with Crippen molar-refractivity contribution in [3.8, 4) is 0 Å². The summed E-state index contributed by atoms with van der Waals surface area (Å²) in [6.07, 6.45) is 32.9. The quantitative estimate of drug-likeness (QED) is 0.149. The average Bonchev–Trinajstić information content (AvgIpc) is 2.76. The molecule has 33 heavy (non-hydrogen) atoms. The molecule has 0 aromatic heterocycles. The van der Waals surface area contributed by atoms with E-state index in [2.05, 4.69) is 41.5 Å². The van der Waals surface area contributed by atoms with E-state index >= 15 is 0 Å². The summed E-state index contributed by atoms with van der Waals surface area (Å²) in [5.74, 6) is 3.70. The predicted molar refractivity (Wildman–Crippen MR) is 152 cm³/mol. The van der Waals surface area contributed by atoms with Crippen molar-refractivity contribution >= 4 is 0 Å². The molecule has 1 saturated carbocycles. The number of unbranched alkanes of at least 4 members (excludes halogenated alkanes) is 9. The summed E-state index contributed by atoms with van der Waals surface area (Å²) in [6, 6.07) is 0. The Balaban J connectivity index is 2.52. The molecule has 0 aromatic rings. The van der Waals surface area contributed by atoms with Crippen LogP contribution in [0.3, 0.4) is 0 Å². The van der Waals surface area contributed by atoms with E-state index in [1.807, 2.05) is 0 Å². The van der Waals surface area contributed by atoms with Crippen LogP contribution in [0, 0.1) is 29.1 Å². The number of hydrogen-bond acceptors (Lipinski definition) is 0. The molecule has 1 aliphatic rings. The van der Waals surface area contributed by atoms with Crippen molar-refractivity contribution in [3.63, 3.8) is 0 Å². The molecule has 1 unspecified atom stereocenters. The first kappa shape index (κ1) is 31.0. The summed E-state index contributed by atoms with van der Waals surface area (Å²) in [7, 11) is 0. The van der Waals surface area contributed by atoms with Gasteiger partial charge in [-0.15, -0.1) is 0 Å². The van der Waals surface area contributed by atoms with Gasteiger partial charge in [-0.2, -0.15) is 0 Å². The zero-order valence-corrected chi connectivity index (χ0v) is 24.4. The van der Waals surface area contributed by atoms with Crippen molar-refractivity contribution in [1.29, 1.82) is 0 Å². The lowest BCUT2D eigenvalue weighted by Gasteiger charge is -2.45. The van der Waals surface area contributed by atoms with Gasteiger partial charge in [0.1, 0.15) is 0 Å². The fourth-order valence-corrected chi connectivity index (χ4v) is 6.68. The number of rotatable bonds is 21. The Bertz CT molecular complexity index is 398. The summed E-state index contributed by atoms with van der Waals surface area (Å²) < 4.78 is 0. The predicted octanol–water partition coefficient (Wildman–Crippen LogP) is 12.2. The van der Waals surface area contributed by atoms with Crippen molar-refractivity contribution in [3.05, 3.63) is 0 Å². The van der Waals surface area contributed by atoms with Gasteiger partial charge in [0.25, 0.3) is 0 Å². The van der Waals surface area contributed by atoms with Gasteiger partial charge in [-0.05, 0) is 61.2 Å². The fraction of sp³-hybridized carbons (Fsp3) is 1.00. The molecule has 0 N–H and O–H groups in total. The Hall–Kier alpha value is 0. The van der Waals surface area contributed by atoms with Crippen molar-refractivity contribution < 1.29 is 0 Å². The summed E-state index contributed by atoms with van der Waals surface area (Å²) in [5.41, 5.74) is 0.715. The maximum Gasteiger partial charge on any atom is -0.0269 e. The van der Waals surface area contributed by atoms with Crippen LogP contribution in [0.1, 0.15) is 183 Å². The highest BCUT2D eigenvalue weighted by Gasteiger charge is 2.38. The third kappa shape index (κ3) is 15.6. The van der Waals surface area contributed by atoms with E-state index in [1.165, 1.54) is 109 Å². The topological polar surface area (TPSA) is 0 Å². The molecule has 1 fully saturated rings. The Labute approximate surface area is 211 Å². The molecule has 0 aromatic carbocycles. The standard InChI is InChI=1S/C33H66/c1-29(2)21-13-7-8-16-24-32-25-17-20-28-33(32,26-18-11-9-14-22-30(3)4)27-19-12-10-15-23-31(5)6/h29-32H,7-28H2,1-6H3. The minimum Gasteiger partial charge on any atom is -0.0628 e. The molecule has 1 atom stereocenters. The van der Waals surface area contributed by atoms with E-state index in [0.717, 1.165) is 23.7 Å². The summed E-state index contributed by atoms with van der Waals surface area (Å²) in [6.45, 7) is 14.3. The molecule has 198 valence electrons. The van der Waals surface area contributed by atoms with Crippen molar-refractivity contribution in [2.75, 3.05) is 0 Å². The van der Waals surface area contributed by atoms with E-state index in [4.69, 9.17) is 0 Å². The minimum atomic E-state index is 0.715. The fourth-order valence-electron chi connectivity index (χ4n) is 6.68. The highest BCUT2D eigenvalue weighted by atomic mass is 14.4. The molecule has 0 heteroatoms. The molecule has 0 bridgehead atoms. The van der Waals surface area contributed by atoms with Gasteiger partial charge in [-0.25, -0.2) is 0 Å². The Morgan fingerprint density at radius 1 is 0.515 bits per heavy atom. The van der Waals surface area contributed by atoms with Crippen LogP contribution in [-0.4, -0.2) is 0 Å². The highest BCUT2D eigenvalue weighted by molar-refractivity contribution is 4.90. The summed E-state index contributed by atoms with van der Waals surface area (Å²) in [5, 5.41) is 0. The molecule has 1 rings (SSSR count). The molecular formula is C33H66. The van der Waals surface area contributed by atoms with Crippen LogP contribution in [0.2, 0.25) is 0 Å². The molecule has 0 spiro atoms. The molecule has 0 nitrogen and oxygen atoms in total. The van der Waals surface area contributed by atoms with Gasteiger partial charge in [0.15, 0.2) is 0 Å². The van der Waals surface area contributed by atoms with Gasteiger partial charge in [0.05, 0.1) is 0 Å². The second-order valence-electron chi connectivity index (χ2n) is 13.4. The van der Waals surface area contributed by atoms with Crippen LogP contribution >= 0.6 is 0 Å². The van der Waals surface area contributed by atoms with Gasteiger partial charge >= 0.3 is 0 Å². The van der Waals surface area contributed by atoms with Gasteiger partial charge in [0, 0.05) is 0 Å².